The molecule has 0 bridgehead atoms. The van der Waals surface area contributed by atoms with Gasteiger partial charge in [0.2, 0.25) is 0 Å². The first kappa shape index (κ1) is 13.3. The number of benzene rings is 1. The van der Waals surface area contributed by atoms with Crippen molar-refractivity contribution in [1.29, 1.82) is 0 Å². The van der Waals surface area contributed by atoms with Crippen molar-refractivity contribution < 1.29 is 14.3 Å². The molecule has 2 rings (SSSR count). The Bertz CT molecular complexity index is 481. The molecule has 0 radical (unpaired) electrons. The van der Waals surface area contributed by atoms with Gasteiger partial charge < -0.3 is 9.64 Å². The minimum Gasteiger partial charge on any atom is -0.466 e. The third kappa shape index (κ3) is 3.22. The van der Waals surface area contributed by atoms with Crippen LogP contribution in [0.5, 0.6) is 0 Å². The Morgan fingerprint density at radius 3 is 2.74 bits per heavy atom. The van der Waals surface area contributed by atoms with Gasteiger partial charge >= 0.3 is 5.97 Å². The minimum absolute atomic E-state index is 0.0918. The zero-order chi connectivity index (χ0) is 13.7. The second-order valence-electron chi connectivity index (χ2n) is 4.39. The van der Waals surface area contributed by atoms with E-state index < -0.39 is 0 Å². The van der Waals surface area contributed by atoms with Gasteiger partial charge in [0, 0.05) is 18.3 Å². The Morgan fingerprint density at radius 1 is 1.32 bits per heavy atom. The summed E-state index contributed by atoms with van der Waals surface area (Å²) in [7, 11) is 0. The summed E-state index contributed by atoms with van der Waals surface area (Å²) >= 11 is 0. The molecule has 1 atom stereocenters. The molecule has 100 valence electrons. The first-order chi connectivity index (χ1) is 9.22. The van der Waals surface area contributed by atoms with Crippen LogP contribution in [0.2, 0.25) is 0 Å². The summed E-state index contributed by atoms with van der Waals surface area (Å²) in [5, 5.41) is 0. The summed E-state index contributed by atoms with van der Waals surface area (Å²) in [4.78, 5) is 25.5. The standard InChI is InChI=1S/C15H17NO3/c1-2-19-15(18)13-9-6-10-16(11-13)14(17)12-7-4-3-5-8-12/h3-8,10,13H,2,9,11H2,1H3. The van der Waals surface area contributed by atoms with Crippen molar-refractivity contribution in [1.82, 2.24) is 4.90 Å². The largest absolute Gasteiger partial charge is 0.466 e. The molecule has 1 aliphatic heterocycles. The van der Waals surface area contributed by atoms with Crippen LogP contribution in [0.25, 0.3) is 0 Å². The molecule has 0 saturated heterocycles. The van der Waals surface area contributed by atoms with E-state index in [2.05, 4.69) is 0 Å². The lowest BCUT2D eigenvalue weighted by Crippen LogP contribution is -2.37. The first-order valence-corrected chi connectivity index (χ1v) is 6.41. The molecule has 0 saturated carbocycles. The third-order valence-corrected chi connectivity index (χ3v) is 3.02. The topological polar surface area (TPSA) is 46.6 Å². The SMILES string of the molecule is CCOC(=O)C1CC=CN(C(=O)c2ccccc2)C1. The number of carbonyl (C=O) groups is 2. The number of nitrogens with zero attached hydrogens (tertiary/aromatic N) is 1. The van der Waals surface area contributed by atoms with Crippen LogP contribution < -0.4 is 0 Å². The summed E-state index contributed by atoms with van der Waals surface area (Å²) in [5.41, 5.74) is 0.622. The fraction of sp³-hybridized carbons (Fsp3) is 0.333. The van der Waals surface area contributed by atoms with Gasteiger partial charge in [-0.3, -0.25) is 9.59 Å². The summed E-state index contributed by atoms with van der Waals surface area (Å²) in [5.74, 6) is -0.596. The van der Waals surface area contributed by atoms with Crippen LogP contribution in [0.4, 0.5) is 0 Å². The molecule has 1 aliphatic rings. The molecule has 1 heterocycles. The van der Waals surface area contributed by atoms with E-state index in [0.717, 1.165) is 0 Å². The number of allylic oxidation sites excluding steroid dienone is 1. The maximum absolute atomic E-state index is 12.2. The molecule has 0 aromatic heterocycles. The van der Waals surface area contributed by atoms with E-state index in [9.17, 15) is 9.59 Å². The fourth-order valence-electron chi connectivity index (χ4n) is 2.05. The Balaban J connectivity index is 2.06. The summed E-state index contributed by atoms with van der Waals surface area (Å²) in [6.45, 7) is 2.53. The zero-order valence-electron chi connectivity index (χ0n) is 10.9. The van der Waals surface area contributed by atoms with E-state index in [1.807, 2.05) is 24.3 Å². The maximum atomic E-state index is 12.2. The van der Waals surface area contributed by atoms with Crippen LogP contribution in [0.3, 0.4) is 0 Å². The molecule has 4 heteroatoms. The third-order valence-electron chi connectivity index (χ3n) is 3.02. The van der Waals surface area contributed by atoms with E-state index in [1.165, 1.54) is 0 Å². The van der Waals surface area contributed by atoms with Crippen LogP contribution in [-0.4, -0.2) is 29.9 Å². The van der Waals surface area contributed by atoms with Gasteiger partial charge in [-0.1, -0.05) is 24.3 Å². The predicted octanol–water partition coefficient (Wildman–Crippen LogP) is 2.23. The van der Waals surface area contributed by atoms with Crippen molar-refractivity contribution in [3.05, 3.63) is 48.2 Å². The van der Waals surface area contributed by atoms with Crippen molar-refractivity contribution >= 4 is 11.9 Å². The highest BCUT2D eigenvalue weighted by atomic mass is 16.5. The Morgan fingerprint density at radius 2 is 2.05 bits per heavy atom. The fourth-order valence-corrected chi connectivity index (χ4v) is 2.05. The molecular formula is C15H17NO3. The predicted molar refractivity (Wildman–Crippen MR) is 71.4 cm³/mol. The van der Waals surface area contributed by atoms with Gasteiger partial charge in [-0.25, -0.2) is 0 Å². The first-order valence-electron chi connectivity index (χ1n) is 6.41. The summed E-state index contributed by atoms with van der Waals surface area (Å²) < 4.78 is 5.00. The lowest BCUT2D eigenvalue weighted by atomic mass is 10.0. The maximum Gasteiger partial charge on any atom is 0.311 e. The average Bonchev–Trinajstić information content (AvgIpc) is 2.48. The van der Waals surface area contributed by atoms with E-state index >= 15 is 0 Å². The van der Waals surface area contributed by atoms with Crippen molar-refractivity contribution in [2.24, 2.45) is 5.92 Å². The highest BCUT2D eigenvalue weighted by Gasteiger charge is 2.26. The van der Waals surface area contributed by atoms with Gasteiger partial charge in [0.05, 0.1) is 12.5 Å². The van der Waals surface area contributed by atoms with Crippen LogP contribution in [0, 0.1) is 5.92 Å². The van der Waals surface area contributed by atoms with Crippen molar-refractivity contribution in [3.63, 3.8) is 0 Å². The molecule has 0 fully saturated rings. The monoisotopic (exact) mass is 259 g/mol. The quantitative estimate of drug-likeness (QED) is 0.782. The van der Waals surface area contributed by atoms with Gasteiger partial charge in [-0.05, 0) is 25.5 Å². The molecule has 1 unspecified atom stereocenters. The van der Waals surface area contributed by atoms with Crippen LogP contribution >= 0.6 is 0 Å². The molecule has 1 aromatic rings. The van der Waals surface area contributed by atoms with Crippen LogP contribution in [0.15, 0.2) is 42.6 Å². The van der Waals surface area contributed by atoms with Crippen molar-refractivity contribution in [3.8, 4) is 0 Å². The number of ether oxygens (including phenoxy) is 1. The summed E-state index contributed by atoms with van der Waals surface area (Å²) in [6.07, 6.45) is 4.20. The zero-order valence-corrected chi connectivity index (χ0v) is 10.9. The van der Waals surface area contributed by atoms with E-state index in [1.54, 1.807) is 30.2 Å². The number of esters is 1. The number of amides is 1. The molecule has 0 spiro atoms. The Hall–Kier alpha value is -2.10. The Labute approximate surface area is 112 Å². The van der Waals surface area contributed by atoms with Crippen LogP contribution in [0.1, 0.15) is 23.7 Å². The van der Waals surface area contributed by atoms with Gasteiger partial charge in [0.1, 0.15) is 0 Å². The van der Waals surface area contributed by atoms with E-state index in [-0.39, 0.29) is 17.8 Å². The second-order valence-corrected chi connectivity index (χ2v) is 4.39. The Kier molecular flexibility index (Phi) is 4.34. The van der Waals surface area contributed by atoms with Gasteiger partial charge in [0.25, 0.3) is 5.91 Å². The molecule has 0 aliphatic carbocycles. The molecule has 1 aromatic carbocycles. The minimum atomic E-state index is -0.266. The van der Waals surface area contributed by atoms with Crippen molar-refractivity contribution in [2.45, 2.75) is 13.3 Å². The smallest absolute Gasteiger partial charge is 0.311 e. The normalized spacial score (nSPS) is 18.2. The lowest BCUT2D eigenvalue weighted by molar-refractivity contribution is -0.148. The van der Waals surface area contributed by atoms with Gasteiger partial charge in [-0.15, -0.1) is 0 Å². The molecular weight excluding hydrogens is 242 g/mol. The highest BCUT2D eigenvalue weighted by Crippen LogP contribution is 2.17. The molecule has 0 N–H and O–H groups in total. The number of hydrogen-bond acceptors (Lipinski definition) is 3. The van der Waals surface area contributed by atoms with Crippen LogP contribution in [-0.2, 0) is 9.53 Å². The molecule has 4 nitrogen and oxygen atoms in total. The number of carbonyl (C=O) groups excluding carboxylic acids is 2. The second kappa shape index (κ2) is 6.18. The van der Waals surface area contributed by atoms with E-state index in [0.29, 0.717) is 25.1 Å². The van der Waals surface area contributed by atoms with Gasteiger partial charge in [-0.2, -0.15) is 0 Å². The molecule has 19 heavy (non-hydrogen) atoms. The van der Waals surface area contributed by atoms with Crippen molar-refractivity contribution in [2.75, 3.05) is 13.2 Å². The number of rotatable bonds is 3. The number of hydrogen-bond donors (Lipinski definition) is 0. The van der Waals surface area contributed by atoms with E-state index in [4.69, 9.17) is 4.74 Å². The average molecular weight is 259 g/mol. The lowest BCUT2D eigenvalue weighted by Gasteiger charge is -2.26. The summed E-state index contributed by atoms with van der Waals surface area (Å²) in [6, 6.07) is 9.05. The van der Waals surface area contributed by atoms with Gasteiger partial charge in [0.15, 0.2) is 0 Å². The highest BCUT2D eigenvalue weighted by molar-refractivity contribution is 5.95. The molecule has 1 amide bonds.